The molecule has 21 heavy (non-hydrogen) atoms. The van der Waals surface area contributed by atoms with E-state index in [0.717, 1.165) is 11.1 Å². The van der Waals surface area contributed by atoms with E-state index in [0.29, 0.717) is 27.8 Å². The molecule has 8 nitrogen and oxygen atoms in total. The first kappa shape index (κ1) is 11.9. The fourth-order valence-corrected chi connectivity index (χ4v) is 2.24. The number of hydrogen-bond donors (Lipinski definition) is 2. The smallest absolute Gasteiger partial charge is 0.204 e. The van der Waals surface area contributed by atoms with Gasteiger partial charge in [-0.1, -0.05) is 29.8 Å². The van der Waals surface area contributed by atoms with Crippen molar-refractivity contribution in [2.45, 2.75) is 0 Å². The summed E-state index contributed by atoms with van der Waals surface area (Å²) in [4.78, 5) is 8.71. The van der Waals surface area contributed by atoms with E-state index < -0.39 is 0 Å². The predicted molar refractivity (Wildman–Crippen MR) is 75.3 cm³/mol. The SMILES string of the molecule is Clc1nc(-c2cccc(-c3nn[nH]n3)c2)nc2c[nH]nc12. The van der Waals surface area contributed by atoms with Crippen molar-refractivity contribution in [1.29, 1.82) is 0 Å². The molecular formula is C12H7ClN8. The van der Waals surface area contributed by atoms with Crippen LogP contribution in [0, 0.1) is 0 Å². The van der Waals surface area contributed by atoms with Gasteiger partial charge in [-0.15, -0.1) is 10.2 Å². The van der Waals surface area contributed by atoms with Gasteiger partial charge in [-0.3, -0.25) is 5.10 Å². The van der Waals surface area contributed by atoms with Gasteiger partial charge in [-0.25, -0.2) is 9.97 Å². The van der Waals surface area contributed by atoms with Gasteiger partial charge < -0.3 is 0 Å². The van der Waals surface area contributed by atoms with Crippen LogP contribution in [0.5, 0.6) is 0 Å². The molecule has 9 heteroatoms. The van der Waals surface area contributed by atoms with E-state index in [-0.39, 0.29) is 0 Å². The molecule has 3 heterocycles. The molecule has 0 amide bonds. The summed E-state index contributed by atoms with van der Waals surface area (Å²) >= 11 is 6.12. The highest BCUT2D eigenvalue weighted by atomic mass is 35.5. The molecule has 3 aromatic heterocycles. The van der Waals surface area contributed by atoms with E-state index in [1.165, 1.54) is 0 Å². The molecule has 0 radical (unpaired) electrons. The third kappa shape index (κ3) is 2.01. The molecule has 0 fully saturated rings. The minimum absolute atomic E-state index is 0.307. The van der Waals surface area contributed by atoms with Crippen LogP contribution in [0.15, 0.2) is 30.5 Å². The lowest BCUT2D eigenvalue weighted by Crippen LogP contribution is -1.91. The van der Waals surface area contributed by atoms with Gasteiger partial charge >= 0.3 is 0 Å². The molecule has 0 saturated heterocycles. The molecule has 0 aliphatic heterocycles. The summed E-state index contributed by atoms with van der Waals surface area (Å²) in [6.07, 6.45) is 1.68. The monoisotopic (exact) mass is 298 g/mol. The Labute approximate surface area is 122 Å². The van der Waals surface area contributed by atoms with Gasteiger partial charge in [0.05, 0.1) is 0 Å². The lowest BCUT2D eigenvalue weighted by Gasteiger charge is -2.02. The van der Waals surface area contributed by atoms with Crippen molar-refractivity contribution in [3.63, 3.8) is 0 Å². The first-order valence-electron chi connectivity index (χ1n) is 6.02. The summed E-state index contributed by atoms with van der Waals surface area (Å²) in [6, 6.07) is 7.52. The number of hydrogen-bond acceptors (Lipinski definition) is 6. The maximum absolute atomic E-state index is 6.12. The number of halogens is 1. The maximum atomic E-state index is 6.12. The molecule has 4 rings (SSSR count). The molecule has 0 aliphatic rings. The number of H-pyrrole nitrogens is 2. The van der Waals surface area contributed by atoms with Crippen molar-refractivity contribution in [2.75, 3.05) is 0 Å². The Kier molecular flexibility index (Phi) is 2.61. The van der Waals surface area contributed by atoms with Crippen LogP contribution in [0.4, 0.5) is 0 Å². The molecule has 102 valence electrons. The highest BCUT2D eigenvalue weighted by Crippen LogP contribution is 2.25. The summed E-state index contributed by atoms with van der Waals surface area (Å²) < 4.78 is 0. The van der Waals surface area contributed by atoms with Gasteiger partial charge in [-0.2, -0.15) is 10.3 Å². The number of nitrogens with zero attached hydrogens (tertiary/aromatic N) is 6. The van der Waals surface area contributed by atoms with Gasteiger partial charge in [0.2, 0.25) is 5.82 Å². The first-order valence-corrected chi connectivity index (χ1v) is 6.40. The van der Waals surface area contributed by atoms with Crippen molar-refractivity contribution in [3.05, 3.63) is 35.6 Å². The minimum Gasteiger partial charge on any atom is -0.283 e. The van der Waals surface area contributed by atoms with E-state index in [9.17, 15) is 0 Å². The van der Waals surface area contributed by atoms with Crippen LogP contribution in [-0.4, -0.2) is 40.8 Å². The Bertz CT molecular complexity index is 914. The Hall–Kier alpha value is -2.87. The number of fused-ring (bicyclic) bond motifs is 1. The molecule has 0 spiro atoms. The number of rotatable bonds is 2. The summed E-state index contributed by atoms with van der Waals surface area (Å²) in [5.74, 6) is 1.02. The van der Waals surface area contributed by atoms with Crippen molar-refractivity contribution < 1.29 is 0 Å². The topological polar surface area (TPSA) is 109 Å². The van der Waals surface area contributed by atoms with Crippen LogP contribution in [0.1, 0.15) is 0 Å². The van der Waals surface area contributed by atoms with Crippen LogP contribution < -0.4 is 0 Å². The van der Waals surface area contributed by atoms with Crippen molar-refractivity contribution in [2.24, 2.45) is 0 Å². The fraction of sp³-hybridized carbons (Fsp3) is 0. The second kappa shape index (κ2) is 4.60. The van der Waals surface area contributed by atoms with Gasteiger partial charge in [0, 0.05) is 17.3 Å². The van der Waals surface area contributed by atoms with Crippen LogP contribution in [0.2, 0.25) is 5.15 Å². The van der Waals surface area contributed by atoms with Crippen LogP contribution >= 0.6 is 11.6 Å². The molecule has 4 aromatic rings. The van der Waals surface area contributed by atoms with E-state index in [4.69, 9.17) is 11.6 Å². The lowest BCUT2D eigenvalue weighted by atomic mass is 10.1. The van der Waals surface area contributed by atoms with Crippen molar-refractivity contribution in [1.82, 2.24) is 40.8 Å². The average Bonchev–Trinajstić information content (AvgIpc) is 3.19. The van der Waals surface area contributed by atoms with Gasteiger partial charge in [0.1, 0.15) is 11.0 Å². The molecule has 1 aromatic carbocycles. The Balaban J connectivity index is 1.86. The zero-order chi connectivity index (χ0) is 14.2. The zero-order valence-electron chi connectivity index (χ0n) is 10.4. The maximum Gasteiger partial charge on any atom is 0.204 e. The molecular weight excluding hydrogens is 292 g/mol. The largest absolute Gasteiger partial charge is 0.283 e. The van der Waals surface area contributed by atoms with E-state index >= 15 is 0 Å². The minimum atomic E-state index is 0.307. The van der Waals surface area contributed by atoms with Crippen molar-refractivity contribution in [3.8, 4) is 22.8 Å². The molecule has 0 bridgehead atoms. The molecule has 0 atom stereocenters. The van der Waals surface area contributed by atoms with Gasteiger partial charge in [-0.05, 0) is 11.3 Å². The quantitative estimate of drug-likeness (QED) is 0.547. The van der Waals surface area contributed by atoms with Crippen LogP contribution in [-0.2, 0) is 0 Å². The second-order valence-corrected chi connectivity index (χ2v) is 4.63. The number of nitrogens with one attached hydrogen (secondary N) is 2. The van der Waals surface area contributed by atoms with E-state index in [1.54, 1.807) is 6.20 Å². The van der Waals surface area contributed by atoms with Crippen LogP contribution in [0.3, 0.4) is 0 Å². The number of aromatic nitrogens is 8. The number of tetrazole rings is 1. The summed E-state index contributed by atoms with van der Waals surface area (Å²) in [7, 11) is 0. The van der Waals surface area contributed by atoms with Crippen LogP contribution in [0.25, 0.3) is 33.8 Å². The zero-order valence-corrected chi connectivity index (χ0v) is 11.2. The Morgan fingerprint density at radius 3 is 2.67 bits per heavy atom. The highest BCUT2D eigenvalue weighted by molar-refractivity contribution is 6.33. The summed E-state index contributed by atoms with van der Waals surface area (Å²) in [5, 5.41) is 20.9. The van der Waals surface area contributed by atoms with Gasteiger partial charge in [0.15, 0.2) is 11.0 Å². The lowest BCUT2D eigenvalue weighted by molar-refractivity contribution is 0.881. The van der Waals surface area contributed by atoms with E-state index in [1.807, 2.05) is 24.3 Å². The molecule has 2 N–H and O–H groups in total. The average molecular weight is 299 g/mol. The Morgan fingerprint density at radius 1 is 1.00 bits per heavy atom. The fourth-order valence-electron chi connectivity index (χ4n) is 2.02. The van der Waals surface area contributed by atoms with Gasteiger partial charge in [0.25, 0.3) is 0 Å². The first-order chi connectivity index (χ1) is 10.3. The highest BCUT2D eigenvalue weighted by Gasteiger charge is 2.11. The molecule has 0 aliphatic carbocycles. The standard InChI is InChI=1S/C12H7ClN8/c13-10-9-8(5-14-17-9)15-11(16-10)6-2-1-3-7(4-6)12-18-20-21-19-12/h1-5H,(H,14,17)(H,18,19,20,21). The number of benzene rings is 1. The summed E-state index contributed by atoms with van der Waals surface area (Å²) in [5.41, 5.74) is 2.83. The summed E-state index contributed by atoms with van der Waals surface area (Å²) in [6.45, 7) is 0. The van der Waals surface area contributed by atoms with Crippen molar-refractivity contribution >= 4 is 22.6 Å². The number of aromatic amines is 2. The third-order valence-electron chi connectivity index (χ3n) is 2.97. The normalized spacial score (nSPS) is 11.1. The predicted octanol–water partition coefficient (Wildman–Crippen LogP) is 1.85. The second-order valence-electron chi connectivity index (χ2n) is 4.27. The third-order valence-corrected chi connectivity index (χ3v) is 3.23. The molecule has 0 saturated carbocycles. The molecule has 0 unspecified atom stereocenters. The Morgan fingerprint density at radius 2 is 1.86 bits per heavy atom. The van der Waals surface area contributed by atoms with E-state index in [2.05, 4.69) is 40.8 Å².